The van der Waals surface area contributed by atoms with Gasteiger partial charge < -0.3 is 5.32 Å². The van der Waals surface area contributed by atoms with Gasteiger partial charge in [-0.2, -0.15) is 0 Å². The number of nitrogens with one attached hydrogen (secondary N) is 1. The van der Waals surface area contributed by atoms with Gasteiger partial charge in [0.1, 0.15) is 0 Å². The second-order valence-corrected chi connectivity index (χ2v) is 3.43. The van der Waals surface area contributed by atoms with Gasteiger partial charge in [-0.15, -0.1) is 24.5 Å². The zero-order chi connectivity index (χ0) is 11.1. The Labute approximate surface area is 95.5 Å². The minimum Gasteiger partial charge on any atom is -0.351 e. The lowest BCUT2D eigenvalue weighted by molar-refractivity contribution is 0.0951. The standard InChI is InChI=1S/C12H13NOS/c1-2-3-6-9-13-12(14)10-7-4-5-8-11(10)15/h4-5,7-8,15H,6,9H2,1H3,(H,13,14). The summed E-state index contributed by atoms with van der Waals surface area (Å²) in [7, 11) is 0. The van der Waals surface area contributed by atoms with Crippen LogP contribution in [-0.2, 0) is 0 Å². The van der Waals surface area contributed by atoms with Crippen LogP contribution in [0.15, 0.2) is 29.2 Å². The van der Waals surface area contributed by atoms with E-state index in [9.17, 15) is 4.79 Å². The van der Waals surface area contributed by atoms with Crippen molar-refractivity contribution in [1.29, 1.82) is 0 Å². The van der Waals surface area contributed by atoms with Crippen molar-refractivity contribution in [3.63, 3.8) is 0 Å². The van der Waals surface area contributed by atoms with E-state index < -0.39 is 0 Å². The van der Waals surface area contributed by atoms with Crippen molar-refractivity contribution in [1.82, 2.24) is 5.32 Å². The third-order valence-corrected chi connectivity index (χ3v) is 2.25. The van der Waals surface area contributed by atoms with E-state index in [1.807, 2.05) is 12.1 Å². The van der Waals surface area contributed by atoms with Gasteiger partial charge >= 0.3 is 0 Å². The number of thiol groups is 1. The number of amides is 1. The van der Waals surface area contributed by atoms with E-state index in [0.29, 0.717) is 23.4 Å². The van der Waals surface area contributed by atoms with Gasteiger partial charge in [0.05, 0.1) is 5.56 Å². The van der Waals surface area contributed by atoms with Crippen LogP contribution in [0.1, 0.15) is 23.7 Å². The Morgan fingerprint density at radius 1 is 1.47 bits per heavy atom. The molecule has 3 heteroatoms. The van der Waals surface area contributed by atoms with Crippen molar-refractivity contribution in [2.45, 2.75) is 18.2 Å². The molecule has 0 saturated carbocycles. The molecule has 1 N–H and O–H groups in total. The van der Waals surface area contributed by atoms with E-state index in [-0.39, 0.29) is 5.91 Å². The van der Waals surface area contributed by atoms with E-state index in [4.69, 9.17) is 0 Å². The van der Waals surface area contributed by atoms with Crippen LogP contribution in [0.2, 0.25) is 0 Å². The summed E-state index contributed by atoms with van der Waals surface area (Å²) in [5.41, 5.74) is 0.602. The van der Waals surface area contributed by atoms with Gasteiger partial charge in [-0.25, -0.2) is 0 Å². The SMILES string of the molecule is CC#CCCNC(=O)c1ccccc1S. The summed E-state index contributed by atoms with van der Waals surface area (Å²) in [4.78, 5) is 12.3. The Hall–Kier alpha value is -1.40. The number of carbonyl (C=O) groups is 1. The zero-order valence-corrected chi connectivity index (χ0v) is 9.47. The Bertz CT molecular complexity index is 404. The molecule has 0 heterocycles. The number of hydrogen-bond donors (Lipinski definition) is 2. The first-order valence-electron chi connectivity index (χ1n) is 4.71. The van der Waals surface area contributed by atoms with E-state index >= 15 is 0 Å². The Morgan fingerprint density at radius 2 is 2.20 bits per heavy atom. The molecule has 15 heavy (non-hydrogen) atoms. The molecule has 78 valence electrons. The molecule has 1 amide bonds. The zero-order valence-electron chi connectivity index (χ0n) is 8.58. The predicted molar refractivity (Wildman–Crippen MR) is 64.1 cm³/mol. The molecule has 0 bridgehead atoms. The van der Waals surface area contributed by atoms with Crippen LogP contribution in [0, 0.1) is 11.8 Å². The molecule has 1 aromatic carbocycles. The maximum Gasteiger partial charge on any atom is 0.252 e. The predicted octanol–water partition coefficient (Wildman–Crippen LogP) is 2.12. The number of benzene rings is 1. The van der Waals surface area contributed by atoms with Crippen molar-refractivity contribution < 1.29 is 4.79 Å². The van der Waals surface area contributed by atoms with Gasteiger partial charge in [0, 0.05) is 17.9 Å². The number of carbonyl (C=O) groups excluding carboxylic acids is 1. The molecular weight excluding hydrogens is 206 g/mol. The summed E-state index contributed by atoms with van der Waals surface area (Å²) < 4.78 is 0. The first-order valence-corrected chi connectivity index (χ1v) is 5.16. The topological polar surface area (TPSA) is 29.1 Å². The molecule has 1 aromatic rings. The van der Waals surface area contributed by atoms with E-state index in [2.05, 4.69) is 29.8 Å². The van der Waals surface area contributed by atoms with Crippen molar-refractivity contribution in [2.75, 3.05) is 6.54 Å². The normalized spacial score (nSPS) is 8.93. The highest BCUT2D eigenvalue weighted by Gasteiger charge is 2.06. The lowest BCUT2D eigenvalue weighted by atomic mass is 10.2. The summed E-state index contributed by atoms with van der Waals surface area (Å²) >= 11 is 4.21. The molecule has 2 nitrogen and oxygen atoms in total. The van der Waals surface area contributed by atoms with E-state index in [0.717, 1.165) is 0 Å². The fourth-order valence-electron chi connectivity index (χ4n) is 1.12. The van der Waals surface area contributed by atoms with Gasteiger partial charge in [-0.3, -0.25) is 4.79 Å². The third-order valence-electron chi connectivity index (χ3n) is 1.86. The Morgan fingerprint density at radius 3 is 2.87 bits per heavy atom. The molecule has 1 rings (SSSR count). The molecule has 0 aliphatic heterocycles. The first-order chi connectivity index (χ1) is 7.25. The highest BCUT2D eigenvalue weighted by molar-refractivity contribution is 7.80. The Kier molecular flexibility index (Phi) is 4.79. The number of rotatable bonds is 3. The average molecular weight is 219 g/mol. The monoisotopic (exact) mass is 219 g/mol. The summed E-state index contributed by atoms with van der Waals surface area (Å²) in [6, 6.07) is 7.22. The summed E-state index contributed by atoms with van der Waals surface area (Å²) in [5, 5.41) is 2.78. The maximum atomic E-state index is 11.6. The molecule has 0 fully saturated rings. The van der Waals surface area contributed by atoms with E-state index in [1.165, 1.54) is 0 Å². The van der Waals surface area contributed by atoms with Gasteiger partial charge in [-0.1, -0.05) is 12.1 Å². The van der Waals surface area contributed by atoms with Crippen LogP contribution < -0.4 is 5.32 Å². The highest BCUT2D eigenvalue weighted by atomic mass is 32.1. The van der Waals surface area contributed by atoms with Crippen molar-refractivity contribution in [3.05, 3.63) is 29.8 Å². The largest absolute Gasteiger partial charge is 0.351 e. The maximum absolute atomic E-state index is 11.6. The number of hydrogen-bond acceptors (Lipinski definition) is 2. The minimum atomic E-state index is -0.0986. The summed E-state index contributed by atoms with van der Waals surface area (Å²) in [5.74, 6) is 5.56. The second-order valence-electron chi connectivity index (χ2n) is 2.95. The minimum absolute atomic E-state index is 0.0986. The van der Waals surface area contributed by atoms with Crippen molar-refractivity contribution in [2.24, 2.45) is 0 Å². The molecule has 0 aliphatic rings. The van der Waals surface area contributed by atoms with Crippen molar-refractivity contribution in [3.8, 4) is 11.8 Å². The Balaban J connectivity index is 2.53. The molecule has 0 radical (unpaired) electrons. The van der Waals surface area contributed by atoms with Gasteiger partial charge in [-0.05, 0) is 19.1 Å². The van der Waals surface area contributed by atoms with E-state index in [1.54, 1.807) is 19.1 Å². The average Bonchev–Trinajstić information content (AvgIpc) is 2.25. The molecule has 0 saturated heterocycles. The van der Waals surface area contributed by atoms with Gasteiger partial charge in [0.15, 0.2) is 0 Å². The second kappa shape index (κ2) is 6.15. The summed E-state index contributed by atoms with van der Waals surface area (Å²) in [6.45, 7) is 2.35. The van der Waals surface area contributed by atoms with Crippen LogP contribution in [0.4, 0.5) is 0 Å². The fraction of sp³-hybridized carbons (Fsp3) is 0.250. The molecule has 0 atom stereocenters. The highest BCUT2D eigenvalue weighted by Crippen LogP contribution is 2.12. The smallest absolute Gasteiger partial charge is 0.252 e. The van der Waals surface area contributed by atoms with Crippen LogP contribution >= 0.6 is 12.6 Å². The lowest BCUT2D eigenvalue weighted by Gasteiger charge is -2.04. The fourth-order valence-corrected chi connectivity index (χ4v) is 1.39. The van der Waals surface area contributed by atoms with Crippen LogP contribution in [0.5, 0.6) is 0 Å². The lowest BCUT2D eigenvalue weighted by Crippen LogP contribution is -2.24. The van der Waals surface area contributed by atoms with Gasteiger partial charge in [0.25, 0.3) is 5.91 Å². The van der Waals surface area contributed by atoms with Crippen LogP contribution in [0.25, 0.3) is 0 Å². The third kappa shape index (κ3) is 3.69. The molecule has 0 aliphatic carbocycles. The molecular formula is C12H13NOS. The summed E-state index contributed by atoms with van der Waals surface area (Å²) in [6.07, 6.45) is 0.678. The molecule has 0 spiro atoms. The van der Waals surface area contributed by atoms with Crippen LogP contribution in [0.3, 0.4) is 0 Å². The molecule has 0 unspecified atom stereocenters. The molecule has 0 aromatic heterocycles. The first kappa shape index (κ1) is 11.7. The quantitative estimate of drug-likeness (QED) is 0.455. The van der Waals surface area contributed by atoms with Gasteiger partial charge in [0.2, 0.25) is 0 Å². The van der Waals surface area contributed by atoms with Crippen molar-refractivity contribution >= 4 is 18.5 Å². The van der Waals surface area contributed by atoms with Crippen LogP contribution in [-0.4, -0.2) is 12.5 Å².